The Bertz CT molecular complexity index is 688. The fraction of sp³-hybridized carbons (Fsp3) is 0.316. The third kappa shape index (κ3) is 4.55. The summed E-state index contributed by atoms with van der Waals surface area (Å²) in [4.78, 5) is 11.9. The Kier molecular flexibility index (Phi) is 5.04. The second-order valence-corrected chi connectivity index (χ2v) is 6.62. The van der Waals surface area contributed by atoms with E-state index >= 15 is 0 Å². The van der Waals surface area contributed by atoms with E-state index in [2.05, 4.69) is 38.2 Å². The first-order valence-electron chi connectivity index (χ1n) is 7.63. The van der Waals surface area contributed by atoms with Gasteiger partial charge in [0.15, 0.2) is 0 Å². The summed E-state index contributed by atoms with van der Waals surface area (Å²) in [5.74, 6) is -1.40. The Morgan fingerprint density at radius 1 is 1.13 bits per heavy atom. The number of phenolic OH excluding ortho intramolecular Hbond substituents is 1. The fourth-order valence-corrected chi connectivity index (χ4v) is 2.28. The van der Waals surface area contributed by atoms with Gasteiger partial charge in [-0.25, -0.2) is 4.39 Å². The van der Waals surface area contributed by atoms with Gasteiger partial charge in [0.25, 0.3) is 5.91 Å². The number of amides is 1. The molecule has 4 heteroatoms. The number of hydrogen-bond acceptors (Lipinski definition) is 2. The highest BCUT2D eigenvalue weighted by atomic mass is 19.1. The monoisotopic (exact) mass is 315 g/mol. The van der Waals surface area contributed by atoms with Crippen LogP contribution < -0.4 is 5.32 Å². The summed E-state index contributed by atoms with van der Waals surface area (Å²) in [5, 5.41) is 11.8. The van der Waals surface area contributed by atoms with Crippen LogP contribution in [-0.2, 0) is 11.8 Å². The standard InChI is InChI=1S/C19H22FNO2/c1-19(2,3)14-6-4-13(5-7-14)10-11-21-18(23)16-9-8-15(22)12-17(16)20/h4-9,12,22H,10-11H2,1-3H3,(H,21,23). The number of aromatic hydroxyl groups is 1. The molecule has 0 aromatic heterocycles. The minimum atomic E-state index is -0.725. The molecule has 122 valence electrons. The molecule has 0 aliphatic heterocycles. The first-order valence-corrected chi connectivity index (χ1v) is 7.63. The van der Waals surface area contributed by atoms with Crippen LogP contribution in [0.1, 0.15) is 42.3 Å². The Hall–Kier alpha value is -2.36. The molecule has 0 radical (unpaired) electrons. The van der Waals surface area contributed by atoms with E-state index in [4.69, 9.17) is 5.11 Å². The molecular weight excluding hydrogens is 293 g/mol. The highest BCUT2D eigenvalue weighted by molar-refractivity contribution is 5.94. The van der Waals surface area contributed by atoms with Crippen molar-refractivity contribution in [3.63, 3.8) is 0 Å². The zero-order chi connectivity index (χ0) is 17.0. The summed E-state index contributed by atoms with van der Waals surface area (Å²) in [6.07, 6.45) is 0.676. The highest BCUT2D eigenvalue weighted by Crippen LogP contribution is 2.22. The van der Waals surface area contributed by atoms with Crippen molar-refractivity contribution in [2.24, 2.45) is 0 Å². The lowest BCUT2D eigenvalue weighted by molar-refractivity contribution is 0.0950. The number of halogens is 1. The average molecular weight is 315 g/mol. The quantitative estimate of drug-likeness (QED) is 0.901. The normalized spacial score (nSPS) is 11.3. The highest BCUT2D eigenvalue weighted by Gasteiger charge is 2.13. The molecule has 2 aromatic carbocycles. The number of phenols is 1. The SMILES string of the molecule is CC(C)(C)c1ccc(CCNC(=O)c2ccc(O)cc2F)cc1. The molecule has 0 bridgehead atoms. The summed E-state index contributed by atoms with van der Waals surface area (Å²) in [6.45, 7) is 6.91. The lowest BCUT2D eigenvalue weighted by Gasteiger charge is -2.19. The molecule has 0 fully saturated rings. The lowest BCUT2D eigenvalue weighted by atomic mass is 9.86. The molecule has 1 amide bonds. The number of nitrogens with one attached hydrogen (secondary N) is 1. The maximum Gasteiger partial charge on any atom is 0.254 e. The first-order chi connectivity index (χ1) is 10.8. The Balaban J connectivity index is 1.90. The van der Waals surface area contributed by atoms with Crippen LogP contribution >= 0.6 is 0 Å². The van der Waals surface area contributed by atoms with Crippen molar-refractivity contribution in [2.45, 2.75) is 32.6 Å². The molecule has 0 aliphatic rings. The van der Waals surface area contributed by atoms with E-state index in [9.17, 15) is 9.18 Å². The summed E-state index contributed by atoms with van der Waals surface area (Å²) in [6, 6.07) is 11.8. The maximum absolute atomic E-state index is 13.6. The summed E-state index contributed by atoms with van der Waals surface area (Å²) in [5.41, 5.74) is 2.43. The van der Waals surface area contributed by atoms with Crippen molar-refractivity contribution in [2.75, 3.05) is 6.54 Å². The van der Waals surface area contributed by atoms with Gasteiger partial charge in [0, 0.05) is 12.6 Å². The van der Waals surface area contributed by atoms with Gasteiger partial charge < -0.3 is 10.4 Å². The van der Waals surface area contributed by atoms with Gasteiger partial charge in [-0.3, -0.25) is 4.79 Å². The summed E-state index contributed by atoms with van der Waals surface area (Å²) >= 11 is 0. The smallest absolute Gasteiger partial charge is 0.254 e. The van der Waals surface area contributed by atoms with Gasteiger partial charge in [0.2, 0.25) is 0 Å². The minimum Gasteiger partial charge on any atom is -0.508 e. The third-order valence-corrected chi connectivity index (χ3v) is 3.72. The van der Waals surface area contributed by atoms with E-state index in [-0.39, 0.29) is 16.7 Å². The van der Waals surface area contributed by atoms with Gasteiger partial charge >= 0.3 is 0 Å². The van der Waals surface area contributed by atoms with E-state index in [0.717, 1.165) is 11.6 Å². The van der Waals surface area contributed by atoms with Crippen LogP contribution in [-0.4, -0.2) is 17.6 Å². The largest absolute Gasteiger partial charge is 0.508 e. The van der Waals surface area contributed by atoms with E-state index < -0.39 is 11.7 Å². The maximum atomic E-state index is 13.6. The zero-order valence-electron chi connectivity index (χ0n) is 13.7. The van der Waals surface area contributed by atoms with Crippen molar-refractivity contribution in [3.05, 3.63) is 65.0 Å². The van der Waals surface area contributed by atoms with E-state index in [0.29, 0.717) is 13.0 Å². The molecular formula is C19H22FNO2. The molecule has 0 atom stereocenters. The molecule has 23 heavy (non-hydrogen) atoms. The fourth-order valence-electron chi connectivity index (χ4n) is 2.28. The molecule has 2 rings (SSSR count). The van der Waals surface area contributed by atoms with E-state index in [1.807, 2.05) is 12.1 Å². The Morgan fingerprint density at radius 2 is 1.78 bits per heavy atom. The van der Waals surface area contributed by atoms with Gasteiger partial charge in [-0.05, 0) is 35.1 Å². The van der Waals surface area contributed by atoms with Crippen molar-refractivity contribution in [3.8, 4) is 5.75 Å². The second kappa shape index (κ2) is 6.82. The van der Waals surface area contributed by atoms with Crippen LogP contribution in [0.5, 0.6) is 5.75 Å². The Morgan fingerprint density at radius 3 is 2.35 bits per heavy atom. The predicted octanol–water partition coefficient (Wildman–Crippen LogP) is 3.80. The van der Waals surface area contributed by atoms with Crippen molar-refractivity contribution >= 4 is 5.91 Å². The summed E-state index contributed by atoms with van der Waals surface area (Å²) < 4.78 is 13.6. The number of carbonyl (C=O) groups is 1. The van der Waals surface area contributed by atoms with Gasteiger partial charge in [-0.2, -0.15) is 0 Å². The second-order valence-electron chi connectivity index (χ2n) is 6.62. The van der Waals surface area contributed by atoms with Crippen LogP contribution in [0.2, 0.25) is 0 Å². The first kappa shape index (κ1) is 17.0. The predicted molar refractivity (Wildman–Crippen MR) is 89.2 cm³/mol. The number of hydrogen-bond donors (Lipinski definition) is 2. The van der Waals surface area contributed by atoms with Crippen LogP contribution in [0.4, 0.5) is 4.39 Å². The lowest BCUT2D eigenvalue weighted by Crippen LogP contribution is -2.26. The van der Waals surface area contributed by atoms with Gasteiger partial charge in [-0.1, -0.05) is 45.0 Å². The summed E-state index contributed by atoms with van der Waals surface area (Å²) in [7, 11) is 0. The zero-order valence-corrected chi connectivity index (χ0v) is 13.7. The van der Waals surface area contributed by atoms with E-state index in [1.165, 1.54) is 17.7 Å². The topological polar surface area (TPSA) is 49.3 Å². The average Bonchev–Trinajstić information content (AvgIpc) is 2.46. The van der Waals surface area contributed by atoms with Crippen molar-refractivity contribution in [1.82, 2.24) is 5.32 Å². The van der Waals surface area contributed by atoms with Crippen molar-refractivity contribution < 1.29 is 14.3 Å². The van der Waals surface area contributed by atoms with Gasteiger partial charge in [0.05, 0.1) is 5.56 Å². The van der Waals surface area contributed by atoms with Crippen LogP contribution in [0.25, 0.3) is 0 Å². The van der Waals surface area contributed by atoms with Crippen LogP contribution in [0.3, 0.4) is 0 Å². The molecule has 0 saturated carbocycles. The molecule has 2 N–H and O–H groups in total. The molecule has 0 saturated heterocycles. The molecule has 0 aliphatic carbocycles. The molecule has 0 heterocycles. The third-order valence-electron chi connectivity index (χ3n) is 3.72. The Labute approximate surface area is 136 Å². The molecule has 0 unspecified atom stereocenters. The van der Waals surface area contributed by atoms with Crippen molar-refractivity contribution in [1.29, 1.82) is 0 Å². The number of rotatable bonds is 4. The molecule has 2 aromatic rings. The van der Waals surface area contributed by atoms with E-state index in [1.54, 1.807) is 0 Å². The van der Waals surface area contributed by atoms with Gasteiger partial charge in [-0.15, -0.1) is 0 Å². The number of benzene rings is 2. The van der Waals surface area contributed by atoms with Crippen LogP contribution in [0, 0.1) is 5.82 Å². The van der Waals surface area contributed by atoms with Gasteiger partial charge in [0.1, 0.15) is 11.6 Å². The molecule has 3 nitrogen and oxygen atoms in total. The molecule has 0 spiro atoms. The minimum absolute atomic E-state index is 0.0640. The van der Waals surface area contributed by atoms with Crippen LogP contribution in [0.15, 0.2) is 42.5 Å². The number of carbonyl (C=O) groups excluding carboxylic acids is 1.